The molecule has 1 aliphatic heterocycles. The Labute approximate surface area is 157 Å². The number of aromatic nitrogens is 2. The summed E-state index contributed by atoms with van der Waals surface area (Å²) in [7, 11) is 0. The van der Waals surface area contributed by atoms with Gasteiger partial charge in [-0.05, 0) is 49.7 Å². The Kier molecular flexibility index (Phi) is 4.54. The fourth-order valence-electron chi connectivity index (χ4n) is 3.26. The number of benzene rings is 1. The quantitative estimate of drug-likeness (QED) is 0.756. The van der Waals surface area contributed by atoms with Crippen molar-refractivity contribution in [2.24, 2.45) is 0 Å². The van der Waals surface area contributed by atoms with Gasteiger partial charge in [-0.1, -0.05) is 12.1 Å². The first kappa shape index (κ1) is 17.1. The fourth-order valence-corrected chi connectivity index (χ4v) is 3.26. The molecule has 0 unspecified atom stereocenters. The summed E-state index contributed by atoms with van der Waals surface area (Å²) in [6, 6.07) is 13.5. The molecule has 138 valence electrons. The summed E-state index contributed by atoms with van der Waals surface area (Å²) in [5.41, 5.74) is 4.58. The Bertz CT molecular complexity index is 980. The van der Waals surface area contributed by atoms with Crippen molar-refractivity contribution in [2.75, 3.05) is 6.79 Å². The highest BCUT2D eigenvalue weighted by Gasteiger charge is 2.17. The summed E-state index contributed by atoms with van der Waals surface area (Å²) in [6.45, 7) is 5.29. The molecule has 6 nitrogen and oxygen atoms in total. The first-order valence-electron chi connectivity index (χ1n) is 8.85. The normalized spacial score (nSPS) is 12.2. The summed E-state index contributed by atoms with van der Waals surface area (Å²) in [4.78, 5) is 17.1. The van der Waals surface area contributed by atoms with E-state index < -0.39 is 0 Å². The summed E-state index contributed by atoms with van der Waals surface area (Å²) in [6.07, 6.45) is 1.78. The predicted molar refractivity (Wildman–Crippen MR) is 101 cm³/mol. The summed E-state index contributed by atoms with van der Waals surface area (Å²) >= 11 is 0. The fraction of sp³-hybridized carbons (Fsp3) is 0.238. The van der Waals surface area contributed by atoms with Gasteiger partial charge in [0.2, 0.25) is 6.79 Å². The smallest absolute Gasteiger partial charge is 0.253 e. The van der Waals surface area contributed by atoms with Crippen molar-refractivity contribution in [3.63, 3.8) is 0 Å². The number of ether oxygens (including phenoxy) is 2. The van der Waals surface area contributed by atoms with Crippen LogP contribution in [0.25, 0.3) is 0 Å². The minimum atomic E-state index is -0.0898. The van der Waals surface area contributed by atoms with Gasteiger partial charge in [-0.15, -0.1) is 0 Å². The van der Waals surface area contributed by atoms with Gasteiger partial charge in [0.1, 0.15) is 0 Å². The first-order valence-corrected chi connectivity index (χ1v) is 8.85. The molecule has 0 aliphatic carbocycles. The van der Waals surface area contributed by atoms with E-state index in [2.05, 4.69) is 14.9 Å². The third-order valence-corrected chi connectivity index (χ3v) is 4.75. The van der Waals surface area contributed by atoms with E-state index in [1.54, 1.807) is 6.20 Å². The van der Waals surface area contributed by atoms with Crippen LogP contribution < -0.4 is 14.8 Å². The molecule has 3 aromatic rings. The van der Waals surface area contributed by atoms with Crippen LogP contribution in [-0.2, 0) is 13.1 Å². The van der Waals surface area contributed by atoms with E-state index in [1.165, 1.54) is 0 Å². The van der Waals surface area contributed by atoms with Crippen molar-refractivity contribution in [3.05, 3.63) is 76.9 Å². The van der Waals surface area contributed by atoms with Gasteiger partial charge in [0, 0.05) is 24.1 Å². The highest BCUT2D eigenvalue weighted by molar-refractivity contribution is 5.95. The maximum atomic E-state index is 12.7. The van der Waals surface area contributed by atoms with E-state index in [-0.39, 0.29) is 12.7 Å². The molecule has 3 heterocycles. The molecular formula is C21H21N3O3. The van der Waals surface area contributed by atoms with Crippen molar-refractivity contribution >= 4 is 5.91 Å². The number of nitrogens with zero attached hydrogens (tertiary/aromatic N) is 2. The lowest BCUT2D eigenvalue weighted by atomic mass is 10.2. The van der Waals surface area contributed by atoms with Crippen LogP contribution in [0.2, 0.25) is 0 Å². The number of carbonyl (C=O) groups is 1. The minimum Gasteiger partial charge on any atom is -0.454 e. The van der Waals surface area contributed by atoms with Crippen LogP contribution >= 0.6 is 0 Å². The second-order valence-corrected chi connectivity index (χ2v) is 6.56. The monoisotopic (exact) mass is 363 g/mol. The number of aryl methyl sites for hydroxylation is 1. The molecule has 0 atom stereocenters. The van der Waals surface area contributed by atoms with Crippen LogP contribution in [-0.4, -0.2) is 22.3 Å². The van der Waals surface area contributed by atoms with Crippen molar-refractivity contribution in [2.45, 2.75) is 26.9 Å². The number of carbonyl (C=O) groups excluding carboxylic acids is 1. The van der Waals surface area contributed by atoms with Crippen LogP contribution in [0, 0.1) is 13.8 Å². The van der Waals surface area contributed by atoms with Crippen LogP contribution in [0.1, 0.15) is 33.0 Å². The third kappa shape index (κ3) is 3.51. The van der Waals surface area contributed by atoms with Gasteiger partial charge < -0.3 is 19.4 Å². The molecule has 1 aromatic carbocycles. The Morgan fingerprint density at radius 3 is 2.81 bits per heavy atom. The van der Waals surface area contributed by atoms with E-state index in [0.717, 1.165) is 34.1 Å². The average Bonchev–Trinajstić information content (AvgIpc) is 3.26. The van der Waals surface area contributed by atoms with Crippen molar-refractivity contribution in [3.8, 4) is 11.5 Å². The number of pyridine rings is 1. The van der Waals surface area contributed by atoms with Gasteiger partial charge in [-0.2, -0.15) is 0 Å². The molecule has 27 heavy (non-hydrogen) atoms. The van der Waals surface area contributed by atoms with E-state index in [1.807, 2.05) is 56.3 Å². The summed E-state index contributed by atoms with van der Waals surface area (Å²) < 4.78 is 12.8. The van der Waals surface area contributed by atoms with Crippen LogP contribution in [0.15, 0.2) is 48.7 Å². The largest absolute Gasteiger partial charge is 0.454 e. The van der Waals surface area contributed by atoms with Crippen molar-refractivity contribution < 1.29 is 14.3 Å². The minimum absolute atomic E-state index is 0.0898. The molecule has 1 amide bonds. The molecule has 1 N–H and O–H groups in total. The first-order chi connectivity index (χ1) is 13.1. The van der Waals surface area contributed by atoms with Gasteiger partial charge in [0.05, 0.1) is 17.8 Å². The van der Waals surface area contributed by atoms with Gasteiger partial charge in [0.15, 0.2) is 11.5 Å². The molecular weight excluding hydrogens is 342 g/mol. The number of hydrogen-bond acceptors (Lipinski definition) is 4. The van der Waals surface area contributed by atoms with Crippen LogP contribution in [0.3, 0.4) is 0 Å². The Balaban J connectivity index is 1.46. The molecule has 0 saturated carbocycles. The highest BCUT2D eigenvalue weighted by atomic mass is 16.7. The van der Waals surface area contributed by atoms with E-state index in [4.69, 9.17) is 9.47 Å². The zero-order chi connectivity index (χ0) is 18.8. The lowest BCUT2D eigenvalue weighted by molar-refractivity contribution is 0.0950. The molecule has 6 heteroatoms. The van der Waals surface area contributed by atoms with Crippen molar-refractivity contribution in [1.82, 2.24) is 14.9 Å². The maximum Gasteiger partial charge on any atom is 0.253 e. The zero-order valence-corrected chi connectivity index (χ0v) is 15.4. The van der Waals surface area contributed by atoms with Gasteiger partial charge in [0.25, 0.3) is 5.91 Å². The SMILES string of the molecule is Cc1cc(C(=O)NCc2ccc3c(c2)OCO3)c(C)n1Cc1ccccn1. The number of rotatable bonds is 5. The lowest BCUT2D eigenvalue weighted by Crippen LogP contribution is -2.23. The molecule has 0 bridgehead atoms. The molecule has 0 saturated heterocycles. The Morgan fingerprint density at radius 1 is 1.15 bits per heavy atom. The average molecular weight is 363 g/mol. The summed E-state index contributed by atoms with van der Waals surface area (Å²) in [5, 5.41) is 2.99. The highest BCUT2D eigenvalue weighted by Crippen LogP contribution is 2.32. The Morgan fingerprint density at radius 2 is 2.00 bits per heavy atom. The van der Waals surface area contributed by atoms with Crippen LogP contribution in [0.5, 0.6) is 11.5 Å². The topological polar surface area (TPSA) is 65.4 Å². The van der Waals surface area contributed by atoms with Crippen LogP contribution in [0.4, 0.5) is 0 Å². The molecule has 4 rings (SSSR count). The number of nitrogens with one attached hydrogen (secondary N) is 1. The maximum absolute atomic E-state index is 12.7. The van der Waals surface area contributed by atoms with E-state index in [0.29, 0.717) is 18.7 Å². The molecule has 2 aromatic heterocycles. The lowest BCUT2D eigenvalue weighted by Gasteiger charge is -2.10. The standard InChI is InChI=1S/C21H21N3O3/c1-14-9-18(15(2)24(14)12-17-5-3-4-8-22-17)21(25)23-11-16-6-7-19-20(10-16)27-13-26-19/h3-10H,11-13H2,1-2H3,(H,23,25). The Hall–Kier alpha value is -3.28. The van der Waals surface area contributed by atoms with Gasteiger partial charge in [-0.3, -0.25) is 9.78 Å². The van der Waals surface area contributed by atoms with Gasteiger partial charge >= 0.3 is 0 Å². The molecule has 0 radical (unpaired) electrons. The molecule has 1 aliphatic rings. The molecule has 0 spiro atoms. The second-order valence-electron chi connectivity index (χ2n) is 6.56. The zero-order valence-electron chi connectivity index (χ0n) is 15.4. The number of hydrogen-bond donors (Lipinski definition) is 1. The van der Waals surface area contributed by atoms with E-state index >= 15 is 0 Å². The second kappa shape index (κ2) is 7.15. The summed E-state index contributed by atoms with van der Waals surface area (Å²) in [5.74, 6) is 1.37. The van der Waals surface area contributed by atoms with Crippen molar-refractivity contribution in [1.29, 1.82) is 0 Å². The molecule has 0 fully saturated rings. The van der Waals surface area contributed by atoms with E-state index in [9.17, 15) is 4.79 Å². The predicted octanol–water partition coefficient (Wildman–Crippen LogP) is 3.21. The van der Waals surface area contributed by atoms with Gasteiger partial charge in [-0.25, -0.2) is 0 Å². The third-order valence-electron chi connectivity index (χ3n) is 4.75. The number of fused-ring (bicyclic) bond motifs is 1. The number of amides is 1.